The van der Waals surface area contributed by atoms with Crippen LogP contribution < -0.4 is 0 Å². The monoisotopic (exact) mass is 181 g/mol. The summed E-state index contributed by atoms with van der Waals surface area (Å²) < 4.78 is 29.7. The summed E-state index contributed by atoms with van der Waals surface area (Å²) in [7, 11) is -3.57. The van der Waals surface area contributed by atoms with Crippen molar-refractivity contribution in [1.29, 1.82) is 0 Å². The summed E-state index contributed by atoms with van der Waals surface area (Å²) in [5.41, 5.74) is 0. The van der Waals surface area contributed by atoms with E-state index in [-0.39, 0.29) is 0 Å². The summed E-state index contributed by atoms with van der Waals surface area (Å²) in [6.07, 6.45) is 0. The Kier molecular flexibility index (Phi) is 4.06. The van der Waals surface area contributed by atoms with Gasteiger partial charge in [0.05, 0.1) is 5.25 Å². The molecule has 0 rings (SSSR count). The third-order valence-corrected chi connectivity index (χ3v) is 2.49. The van der Waals surface area contributed by atoms with E-state index in [4.69, 9.17) is 0 Å². The molecular formula is C5H9O5S. The molecule has 0 aromatic rings. The Hall–Kier alpha value is -0.620. The third-order valence-electron chi connectivity index (χ3n) is 0.908. The van der Waals surface area contributed by atoms with Crippen LogP contribution in [0.25, 0.3) is 0 Å². The topological polar surface area (TPSA) is 69.7 Å². The highest BCUT2D eigenvalue weighted by atomic mass is 32.2. The van der Waals surface area contributed by atoms with Crippen LogP contribution in [0, 0.1) is 0 Å². The molecule has 0 saturated carbocycles. The molecule has 0 saturated heterocycles. The number of hydrogen-bond donors (Lipinski definition) is 0. The van der Waals surface area contributed by atoms with Gasteiger partial charge in [0.15, 0.2) is 0 Å². The molecule has 1 radical (unpaired) electrons. The van der Waals surface area contributed by atoms with Gasteiger partial charge in [-0.15, -0.1) is 0 Å². The maximum atomic E-state index is 10.8. The fraction of sp³-hybridized carbons (Fsp3) is 0.800. The van der Waals surface area contributed by atoms with Crippen LogP contribution in [0.15, 0.2) is 0 Å². The van der Waals surface area contributed by atoms with E-state index in [0.717, 1.165) is 6.47 Å². The summed E-state index contributed by atoms with van der Waals surface area (Å²) in [6.45, 7) is 3.35. The lowest BCUT2D eigenvalue weighted by Crippen LogP contribution is -2.18. The zero-order chi connectivity index (χ0) is 8.91. The molecule has 0 bridgehead atoms. The Balaban J connectivity index is 3.84. The van der Waals surface area contributed by atoms with E-state index < -0.39 is 22.2 Å². The van der Waals surface area contributed by atoms with E-state index in [0.29, 0.717) is 0 Å². The van der Waals surface area contributed by atoms with Crippen LogP contribution in [0.4, 0.5) is 0 Å². The summed E-state index contributed by atoms with van der Waals surface area (Å²) in [5, 5.41) is -0.641. The van der Waals surface area contributed by atoms with Crippen LogP contribution in [0.5, 0.6) is 0 Å². The van der Waals surface area contributed by atoms with Gasteiger partial charge in [0, 0.05) is 0 Å². The van der Waals surface area contributed by atoms with Crippen LogP contribution in [0.3, 0.4) is 0 Å². The molecule has 6 heteroatoms. The number of hydrogen-bond acceptors (Lipinski definition) is 5. The van der Waals surface area contributed by atoms with Crippen molar-refractivity contribution in [2.45, 2.75) is 19.1 Å². The van der Waals surface area contributed by atoms with Gasteiger partial charge >= 0.3 is 6.47 Å². The number of rotatable bonds is 5. The highest BCUT2D eigenvalue weighted by molar-refractivity contribution is 7.87. The number of ether oxygens (including phenoxy) is 1. The van der Waals surface area contributed by atoms with Crippen molar-refractivity contribution in [2.75, 3.05) is 6.79 Å². The molecule has 0 aromatic carbocycles. The third kappa shape index (κ3) is 3.94. The smallest absolute Gasteiger partial charge is 0.419 e. The summed E-state index contributed by atoms with van der Waals surface area (Å²) >= 11 is 0. The van der Waals surface area contributed by atoms with E-state index in [1.807, 2.05) is 0 Å². The van der Waals surface area contributed by atoms with Gasteiger partial charge in [-0.2, -0.15) is 8.42 Å². The first-order valence-electron chi connectivity index (χ1n) is 2.88. The highest BCUT2D eigenvalue weighted by Crippen LogP contribution is 2.01. The second kappa shape index (κ2) is 4.30. The predicted octanol–water partition coefficient (Wildman–Crippen LogP) is -0.218. The molecule has 0 heterocycles. The van der Waals surface area contributed by atoms with Crippen LogP contribution in [-0.4, -0.2) is 26.9 Å². The Morgan fingerprint density at radius 1 is 1.45 bits per heavy atom. The van der Waals surface area contributed by atoms with Crippen molar-refractivity contribution in [3.05, 3.63) is 0 Å². The molecule has 0 fully saturated rings. The van der Waals surface area contributed by atoms with Gasteiger partial charge in [-0.3, -0.25) is 0 Å². The quantitative estimate of drug-likeness (QED) is 0.333. The minimum absolute atomic E-state index is 0.607. The largest absolute Gasteiger partial charge is 0.429 e. The lowest BCUT2D eigenvalue weighted by atomic mass is 10.6. The first-order valence-corrected chi connectivity index (χ1v) is 4.35. The molecule has 0 aliphatic rings. The molecule has 0 spiro atoms. The van der Waals surface area contributed by atoms with Gasteiger partial charge in [0.2, 0.25) is 6.79 Å². The summed E-state index contributed by atoms with van der Waals surface area (Å²) in [4.78, 5) is 9.44. The predicted molar refractivity (Wildman–Crippen MR) is 36.8 cm³/mol. The normalized spacial score (nSPS) is 11.5. The zero-order valence-electron chi connectivity index (χ0n) is 6.23. The molecule has 0 amide bonds. The average Bonchev–Trinajstić information content (AvgIpc) is 1.88. The molecule has 11 heavy (non-hydrogen) atoms. The zero-order valence-corrected chi connectivity index (χ0v) is 7.05. The van der Waals surface area contributed by atoms with Crippen molar-refractivity contribution in [1.82, 2.24) is 0 Å². The van der Waals surface area contributed by atoms with E-state index in [1.54, 1.807) is 0 Å². The Morgan fingerprint density at radius 3 is 2.36 bits per heavy atom. The molecule has 65 valence electrons. The van der Waals surface area contributed by atoms with Gasteiger partial charge in [-0.05, 0) is 13.8 Å². The molecule has 5 nitrogen and oxygen atoms in total. The summed E-state index contributed by atoms with van der Waals surface area (Å²) in [5.74, 6) is 0. The molecule has 0 unspecified atom stereocenters. The van der Waals surface area contributed by atoms with Crippen molar-refractivity contribution in [2.24, 2.45) is 0 Å². The Bertz CT molecular complexity index is 205. The minimum atomic E-state index is -3.57. The summed E-state index contributed by atoms with van der Waals surface area (Å²) in [6, 6.07) is 0. The van der Waals surface area contributed by atoms with Crippen LogP contribution in [0.2, 0.25) is 0 Å². The van der Waals surface area contributed by atoms with Gasteiger partial charge in [-0.25, -0.2) is 8.98 Å². The van der Waals surface area contributed by atoms with Crippen molar-refractivity contribution in [3.63, 3.8) is 0 Å². The highest BCUT2D eigenvalue weighted by Gasteiger charge is 2.16. The fourth-order valence-electron chi connectivity index (χ4n) is 0.251. The second-order valence-electron chi connectivity index (χ2n) is 2.00. The Morgan fingerprint density at radius 2 is 2.00 bits per heavy atom. The standard InChI is InChI=1S/C5H9O5S/c1-5(2)11(7,8)10-4-9-3-6/h5H,4H2,1-2H3. The van der Waals surface area contributed by atoms with E-state index >= 15 is 0 Å². The molecule has 0 aliphatic heterocycles. The van der Waals surface area contributed by atoms with Crippen LogP contribution in [-0.2, 0) is 23.8 Å². The van der Waals surface area contributed by atoms with Crippen LogP contribution in [0.1, 0.15) is 13.8 Å². The first-order chi connectivity index (χ1) is 5.00. The van der Waals surface area contributed by atoms with Crippen molar-refractivity contribution in [3.8, 4) is 0 Å². The average molecular weight is 181 g/mol. The molecular weight excluding hydrogens is 172 g/mol. The Labute approximate surface area is 65.4 Å². The van der Waals surface area contributed by atoms with Gasteiger partial charge < -0.3 is 4.74 Å². The fourth-order valence-corrected chi connectivity index (χ4v) is 0.706. The lowest BCUT2D eigenvalue weighted by Gasteiger charge is -2.05. The van der Waals surface area contributed by atoms with Crippen molar-refractivity contribution >= 4 is 16.6 Å². The van der Waals surface area contributed by atoms with Gasteiger partial charge in [0.1, 0.15) is 0 Å². The van der Waals surface area contributed by atoms with Gasteiger partial charge in [0.25, 0.3) is 10.1 Å². The van der Waals surface area contributed by atoms with Crippen LogP contribution >= 0.6 is 0 Å². The lowest BCUT2D eigenvalue weighted by molar-refractivity contribution is 0.109. The maximum Gasteiger partial charge on any atom is 0.419 e. The van der Waals surface area contributed by atoms with E-state index in [1.165, 1.54) is 13.8 Å². The second-order valence-corrected chi connectivity index (χ2v) is 4.17. The molecule has 0 N–H and O–H groups in total. The molecule has 0 aromatic heterocycles. The van der Waals surface area contributed by atoms with Gasteiger partial charge in [-0.1, -0.05) is 0 Å². The molecule has 0 aliphatic carbocycles. The van der Waals surface area contributed by atoms with E-state index in [9.17, 15) is 13.2 Å². The van der Waals surface area contributed by atoms with Crippen molar-refractivity contribution < 1.29 is 22.1 Å². The maximum absolute atomic E-state index is 10.8. The SMILES string of the molecule is CC(C)S(=O)(=O)OCO[C]=O. The molecule has 0 atom stereocenters. The first kappa shape index (κ1) is 10.4. The number of carbonyl (C=O) groups excluding carboxylic acids is 1. The van der Waals surface area contributed by atoms with E-state index in [2.05, 4.69) is 8.92 Å². The minimum Gasteiger partial charge on any atom is -0.429 e.